The smallest absolute Gasteiger partial charge is 0.240 e. The van der Waals surface area contributed by atoms with E-state index in [0.717, 1.165) is 17.9 Å². The first-order chi connectivity index (χ1) is 9.40. The van der Waals surface area contributed by atoms with Gasteiger partial charge in [0.2, 0.25) is 10.0 Å². The zero-order valence-electron chi connectivity index (χ0n) is 11.6. The summed E-state index contributed by atoms with van der Waals surface area (Å²) >= 11 is 7.70. The molecule has 2 N–H and O–H groups in total. The van der Waals surface area contributed by atoms with Crippen molar-refractivity contribution < 1.29 is 13.5 Å². The van der Waals surface area contributed by atoms with Crippen molar-refractivity contribution in [2.75, 3.05) is 11.5 Å². The molecule has 0 aliphatic rings. The van der Waals surface area contributed by atoms with Crippen LogP contribution in [0.15, 0.2) is 23.1 Å². The van der Waals surface area contributed by atoms with Crippen LogP contribution in [-0.4, -0.2) is 31.1 Å². The summed E-state index contributed by atoms with van der Waals surface area (Å²) in [7, 11) is -3.57. The third-order valence-electron chi connectivity index (χ3n) is 2.76. The fourth-order valence-corrected chi connectivity index (χ4v) is 4.04. The normalized spacial score (nSPS) is 13.4. The molecule has 0 spiro atoms. The molecule has 0 radical (unpaired) electrons. The summed E-state index contributed by atoms with van der Waals surface area (Å²) in [5.41, 5.74) is 0.512. The minimum absolute atomic E-state index is 0.120. The van der Waals surface area contributed by atoms with Gasteiger partial charge in [-0.3, -0.25) is 0 Å². The summed E-state index contributed by atoms with van der Waals surface area (Å²) in [6.45, 7) is 3.71. The van der Waals surface area contributed by atoms with Gasteiger partial charge in [-0.05, 0) is 42.5 Å². The van der Waals surface area contributed by atoms with Crippen LogP contribution in [0.2, 0.25) is 5.02 Å². The predicted octanol–water partition coefficient (Wildman–Crippen LogP) is 2.64. The Kier molecular flexibility index (Phi) is 7.33. The maximum atomic E-state index is 12.2. The zero-order valence-corrected chi connectivity index (χ0v) is 14.0. The number of benzene rings is 1. The molecular formula is C13H20ClNO3S2. The molecule has 0 aliphatic heterocycles. The van der Waals surface area contributed by atoms with E-state index in [1.165, 1.54) is 18.2 Å². The number of hydrogen-bond donors (Lipinski definition) is 2. The van der Waals surface area contributed by atoms with Gasteiger partial charge >= 0.3 is 0 Å². The topological polar surface area (TPSA) is 66.4 Å². The number of sulfonamides is 1. The predicted molar refractivity (Wildman–Crippen MR) is 84.8 cm³/mol. The molecule has 1 aromatic carbocycles. The first-order valence-corrected chi connectivity index (χ1v) is 9.41. The Morgan fingerprint density at radius 1 is 1.45 bits per heavy atom. The maximum Gasteiger partial charge on any atom is 0.240 e. The second kappa shape index (κ2) is 8.24. The van der Waals surface area contributed by atoms with Crippen LogP contribution in [0, 0.1) is 0 Å². The zero-order chi connectivity index (χ0) is 15.2. The average molecular weight is 338 g/mol. The summed E-state index contributed by atoms with van der Waals surface area (Å²) in [6.07, 6.45) is 0.778. The monoisotopic (exact) mass is 337 g/mol. The summed E-state index contributed by atoms with van der Waals surface area (Å²) in [4.78, 5) is 0.120. The van der Waals surface area contributed by atoms with Gasteiger partial charge in [0.15, 0.2) is 0 Å². The first kappa shape index (κ1) is 17.8. The van der Waals surface area contributed by atoms with E-state index in [1.54, 1.807) is 11.8 Å². The lowest BCUT2D eigenvalue weighted by Gasteiger charge is -2.14. The van der Waals surface area contributed by atoms with Crippen molar-refractivity contribution in [1.29, 1.82) is 0 Å². The Morgan fingerprint density at radius 2 is 2.15 bits per heavy atom. The highest BCUT2D eigenvalue weighted by molar-refractivity contribution is 7.99. The van der Waals surface area contributed by atoms with E-state index in [9.17, 15) is 8.42 Å². The summed E-state index contributed by atoms with van der Waals surface area (Å²) in [6, 6.07) is 4.21. The highest BCUT2D eigenvalue weighted by atomic mass is 35.5. The number of aliphatic hydroxyl groups is 1. The standard InChI is InChI=1S/C13H20ClNO3S2/c1-3-19-7-6-10(2)15-20(17,18)12-5-4-11(9-16)13(14)8-12/h4-5,8,10,15-16H,3,6-7,9H2,1-2H3. The van der Waals surface area contributed by atoms with Gasteiger partial charge in [0.25, 0.3) is 0 Å². The van der Waals surface area contributed by atoms with Gasteiger partial charge in [-0.2, -0.15) is 11.8 Å². The SMILES string of the molecule is CCSCCC(C)NS(=O)(=O)c1ccc(CO)c(Cl)c1. The van der Waals surface area contributed by atoms with Crippen molar-refractivity contribution in [3.63, 3.8) is 0 Å². The quantitative estimate of drug-likeness (QED) is 0.716. The Hall–Kier alpha value is -0.270. The first-order valence-electron chi connectivity index (χ1n) is 6.40. The lowest BCUT2D eigenvalue weighted by molar-refractivity contribution is 0.282. The number of thioether (sulfide) groups is 1. The molecule has 0 aliphatic carbocycles. The van der Waals surface area contributed by atoms with Crippen LogP contribution in [0.5, 0.6) is 0 Å². The fraction of sp³-hybridized carbons (Fsp3) is 0.538. The molecule has 1 atom stereocenters. The second-order valence-corrected chi connectivity index (χ2v) is 7.93. The molecule has 20 heavy (non-hydrogen) atoms. The number of nitrogens with one attached hydrogen (secondary N) is 1. The molecule has 0 bridgehead atoms. The molecule has 1 rings (SSSR count). The molecule has 1 unspecified atom stereocenters. The Balaban J connectivity index is 2.75. The van der Waals surface area contributed by atoms with Gasteiger partial charge in [0.05, 0.1) is 11.5 Å². The van der Waals surface area contributed by atoms with Crippen LogP contribution in [0.1, 0.15) is 25.8 Å². The van der Waals surface area contributed by atoms with Gasteiger partial charge in [-0.15, -0.1) is 0 Å². The molecule has 0 amide bonds. The number of rotatable bonds is 8. The van der Waals surface area contributed by atoms with Crippen LogP contribution in [0.25, 0.3) is 0 Å². The fourth-order valence-electron chi connectivity index (χ4n) is 1.62. The van der Waals surface area contributed by atoms with Crippen molar-refractivity contribution in [2.24, 2.45) is 0 Å². The van der Waals surface area contributed by atoms with Crippen LogP contribution in [0.4, 0.5) is 0 Å². The van der Waals surface area contributed by atoms with Crippen molar-refractivity contribution >= 4 is 33.4 Å². The van der Waals surface area contributed by atoms with Crippen molar-refractivity contribution in [1.82, 2.24) is 4.72 Å². The van der Waals surface area contributed by atoms with Crippen LogP contribution >= 0.6 is 23.4 Å². The van der Waals surface area contributed by atoms with E-state index in [-0.39, 0.29) is 22.6 Å². The summed E-state index contributed by atoms with van der Waals surface area (Å²) in [5, 5.41) is 9.28. The van der Waals surface area contributed by atoms with Crippen molar-refractivity contribution in [3.05, 3.63) is 28.8 Å². The average Bonchev–Trinajstić information content (AvgIpc) is 2.38. The van der Waals surface area contributed by atoms with E-state index in [0.29, 0.717) is 5.56 Å². The molecular weight excluding hydrogens is 318 g/mol. The van der Waals surface area contributed by atoms with E-state index in [2.05, 4.69) is 11.6 Å². The third kappa shape index (κ3) is 5.26. The number of aliphatic hydroxyl groups excluding tert-OH is 1. The lowest BCUT2D eigenvalue weighted by atomic mass is 10.2. The third-order valence-corrected chi connectivity index (χ3v) is 5.63. The van der Waals surface area contributed by atoms with Crippen LogP contribution < -0.4 is 4.72 Å². The van der Waals surface area contributed by atoms with Crippen LogP contribution in [-0.2, 0) is 16.6 Å². The molecule has 1 aromatic rings. The molecule has 0 aromatic heterocycles. The lowest BCUT2D eigenvalue weighted by Crippen LogP contribution is -2.33. The Labute approximate surface area is 130 Å². The molecule has 4 nitrogen and oxygen atoms in total. The van der Waals surface area contributed by atoms with Crippen LogP contribution in [0.3, 0.4) is 0 Å². The Bertz CT molecular complexity index is 534. The molecule has 114 valence electrons. The van der Waals surface area contributed by atoms with E-state index < -0.39 is 10.0 Å². The number of halogens is 1. The molecule has 0 saturated heterocycles. The number of hydrogen-bond acceptors (Lipinski definition) is 4. The largest absolute Gasteiger partial charge is 0.392 e. The minimum Gasteiger partial charge on any atom is -0.392 e. The van der Waals surface area contributed by atoms with Gasteiger partial charge < -0.3 is 5.11 Å². The van der Waals surface area contributed by atoms with E-state index >= 15 is 0 Å². The summed E-state index contributed by atoms with van der Waals surface area (Å²) < 4.78 is 27.0. The molecule has 0 heterocycles. The van der Waals surface area contributed by atoms with Crippen molar-refractivity contribution in [3.8, 4) is 0 Å². The van der Waals surface area contributed by atoms with Gasteiger partial charge in [-0.1, -0.05) is 24.6 Å². The maximum absolute atomic E-state index is 12.2. The minimum atomic E-state index is -3.57. The highest BCUT2D eigenvalue weighted by Crippen LogP contribution is 2.21. The van der Waals surface area contributed by atoms with Gasteiger partial charge in [0.1, 0.15) is 0 Å². The van der Waals surface area contributed by atoms with Crippen molar-refractivity contribution in [2.45, 2.75) is 37.8 Å². The molecule has 0 fully saturated rings. The van der Waals surface area contributed by atoms with Gasteiger partial charge in [-0.25, -0.2) is 13.1 Å². The second-order valence-electron chi connectivity index (χ2n) is 4.42. The molecule has 0 saturated carbocycles. The highest BCUT2D eigenvalue weighted by Gasteiger charge is 2.18. The summed E-state index contributed by atoms with van der Waals surface area (Å²) in [5.74, 6) is 1.95. The molecule has 7 heteroatoms. The van der Waals surface area contributed by atoms with E-state index in [4.69, 9.17) is 16.7 Å². The van der Waals surface area contributed by atoms with E-state index in [1.807, 2.05) is 6.92 Å². The van der Waals surface area contributed by atoms with Gasteiger partial charge in [0, 0.05) is 11.1 Å². The Morgan fingerprint density at radius 3 is 2.70 bits per heavy atom.